The largest absolute Gasteiger partial charge is 0.423 e. The number of carbonyl (C=O) groups excluding carboxylic acids is 2. The van der Waals surface area contributed by atoms with Crippen molar-refractivity contribution in [2.75, 3.05) is 0 Å². The molecular weight excluding hydrogens is 403 g/mol. The van der Waals surface area contributed by atoms with Crippen LogP contribution in [0.15, 0.2) is 66.2 Å². The first-order chi connectivity index (χ1) is 13.5. The monoisotopic (exact) mass is 414 g/mol. The molecule has 1 N–H and O–H groups in total. The molecule has 0 saturated heterocycles. The van der Waals surface area contributed by atoms with Gasteiger partial charge in [0.25, 0.3) is 5.91 Å². The second-order valence-electron chi connectivity index (χ2n) is 5.37. The van der Waals surface area contributed by atoms with Crippen LogP contribution in [0.3, 0.4) is 0 Å². The van der Waals surface area contributed by atoms with Crippen molar-refractivity contribution in [1.82, 2.24) is 15.4 Å². The van der Waals surface area contributed by atoms with Crippen molar-refractivity contribution in [3.05, 3.63) is 87.9 Å². The molecule has 2 aromatic carbocycles. The van der Waals surface area contributed by atoms with Crippen molar-refractivity contribution in [3.8, 4) is 5.75 Å². The van der Waals surface area contributed by atoms with Crippen LogP contribution in [-0.2, 0) is 0 Å². The molecule has 140 valence electrons. The van der Waals surface area contributed by atoms with E-state index in [1.807, 2.05) is 0 Å². The van der Waals surface area contributed by atoms with Crippen molar-refractivity contribution in [3.63, 3.8) is 0 Å². The first kappa shape index (κ1) is 19.5. The zero-order chi connectivity index (χ0) is 19.9. The summed E-state index contributed by atoms with van der Waals surface area (Å²) in [6.07, 6.45) is 5.65. The summed E-state index contributed by atoms with van der Waals surface area (Å²) in [5.74, 6) is -0.745. The zero-order valence-corrected chi connectivity index (χ0v) is 15.7. The van der Waals surface area contributed by atoms with E-state index in [0.29, 0.717) is 16.3 Å². The lowest BCUT2D eigenvalue weighted by molar-refractivity contribution is 0.0734. The average molecular weight is 415 g/mol. The number of aromatic nitrogens is 2. The highest BCUT2D eigenvalue weighted by Gasteiger charge is 2.13. The summed E-state index contributed by atoms with van der Waals surface area (Å²) in [7, 11) is 0. The maximum Gasteiger partial charge on any atom is 0.345 e. The van der Waals surface area contributed by atoms with Crippen LogP contribution >= 0.6 is 23.2 Å². The molecule has 1 heterocycles. The Balaban J connectivity index is 1.59. The van der Waals surface area contributed by atoms with Gasteiger partial charge in [0.1, 0.15) is 11.4 Å². The Morgan fingerprint density at radius 3 is 2.54 bits per heavy atom. The minimum absolute atomic E-state index is 0.155. The first-order valence-corrected chi connectivity index (χ1v) is 8.65. The number of benzene rings is 2. The minimum atomic E-state index is -0.598. The highest BCUT2D eigenvalue weighted by atomic mass is 35.5. The van der Waals surface area contributed by atoms with Crippen LogP contribution in [0.25, 0.3) is 0 Å². The van der Waals surface area contributed by atoms with Gasteiger partial charge in [-0.25, -0.2) is 15.2 Å². The molecule has 1 aromatic heterocycles. The topological polar surface area (TPSA) is 93.5 Å². The Kier molecular flexibility index (Phi) is 6.31. The summed E-state index contributed by atoms with van der Waals surface area (Å²) >= 11 is 11.8. The van der Waals surface area contributed by atoms with E-state index >= 15 is 0 Å². The van der Waals surface area contributed by atoms with Gasteiger partial charge in [-0.05, 0) is 48.0 Å². The Bertz CT molecular complexity index is 1030. The summed E-state index contributed by atoms with van der Waals surface area (Å²) in [5.41, 5.74) is 3.39. The zero-order valence-electron chi connectivity index (χ0n) is 14.2. The predicted octanol–water partition coefficient (Wildman–Crippen LogP) is 3.77. The van der Waals surface area contributed by atoms with Crippen LogP contribution in [-0.4, -0.2) is 28.1 Å². The van der Waals surface area contributed by atoms with E-state index in [4.69, 9.17) is 27.9 Å². The molecule has 0 bridgehead atoms. The molecule has 3 aromatic rings. The van der Waals surface area contributed by atoms with Crippen LogP contribution < -0.4 is 10.2 Å². The van der Waals surface area contributed by atoms with Gasteiger partial charge in [-0.1, -0.05) is 23.2 Å². The number of amides is 1. The number of esters is 1. The number of halogens is 2. The Hall–Kier alpha value is -3.29. The van der Waals surface area contributed by atoms with Crippen molar-refractivity contribution in [2.24, 2.45) is 5.10 Å². The fourth-order valence-corrected chi connectivity index (χ4v) is 2.56. The summed E-state index contributed by atoms with van der Waals surface area (Å²) in [5, 5.41) is 4.48. The van der Waals surface area contributed by atoms with E-state index in [9.17, 15) is 9.59 Å². The van der Waals surface area contributed by atoms with Crippen molar-refractivity contribution >= 4 is 41.3 Å². The molecule has 0 unspecified atom stereocenters. The maximum absolute atomic E-state index is 12.2. The molecular formula is C19H12Cl2N4O3. The van der Waals surface area contributed by atoms with Crippen LogP contribution in [0.4, 0.5) is 0 Å². The van der Waals surface area contributed by atoms with Crippen LogP contribution in [0, 0.1) is 0 Å². The maximum atomic E-state index is 12.2. The summed E-state index contributed by atoms with van der Waals surface area (Å²) in [4.78, 5) is 31.6. The van der Waals surface area contributed by atoms with Gasteiger partial charge in [0, 0.05) is 17.4 Å². The van der Waals surface area contributed by atoms with Gasteiger partial charge >= 0.3 is 5.97 Å². The van der Waals surface area contributed by atoms with E-state index < -0.39 is 11.9 Å². The van der Waals surface area contributed by atoms with Crippen LogP contribution in [0.2, 0.25) is 10.0 Å². The normalized spacial score (nSPS) is 10.6. The summed E-state index contributed by atoms with van der Waals surface area (Å²) < 4.78 is 5.28. The molecule has 0 aliphatic heterocycles. The van der Waals surface area contributed by atoms with Gasteiger partial charge in [-0.3, -0.25) is 9.78 Å². The minimum Gasteiger partial charge on any atom is -0.423 e. The Morgan fingerprint density at radius 2 is 1.86 bits per heavy atom. The van der Waals surface area contributed by atoms with Gasteiger partial charge < -0.3 is 4.74 Å². The third-order valence-corrected chi connectivity index (χ3v) is 3.97. The SMILES string of the molecule is O=C(NN=Cc1ccc(OC(=O)c2ccc(Cl)cc2Cl)cc1)c1cnccn1. The smallest absolute Gasteiger partial charge is 0.345 e. The molecule has 28 heavy (non-hydrogen) atoms. The van der Waals surface area contributed by atoms with Crippen molar-refractivity contribution in [2.45, 2.75) is 0 Å². The second kappa shape index (κ2) is 9.07. The van der Waals surface area contributed by atoms with Gasteiger partial charge in [-0.2, -0.15) is 5.10 Å². The van der Waals surface area contributed by atoms with E-state index in [-0.39, 0.29) is 16.3 Å². The number of carbonyl (C=O) groups is 2. The number of hydrogen-bond acceptors (Lipinski definition) is 6. The number of nitrogens with zero attached hydrogens (tertiary/aromatic N) is 3. The molecule has 0 radical (unpaired) electrons. The number of ether oxygens (including phenoxy) is 1. The fraction of sp³-hybridized carbons (Fsp3) is 0. The Labute approximate surface area is 170 Å². The molecule has 0 aliphatic rings. The molecule has 9 heteroatoms. The van der Waals surface area contributed by atoms with E-state index in [2.05, 4.69) is 20.5 Å². The van der Waals surface area contributed by atoms with Crippen molar-refractivity contribution < 1.29 is 14.3 Å². The summed E-state index contributed by atoms with van der Waals surface area (Å²) in [6, 6.07) is 11.0. The molecule has 1 amide bonds. The van der Waals surface area contributed by atoms with Gasteiger partial charge in [0.15, 0.2) is 0 Å². The third-order valence-electron chi connectivity index (χ3n) is 3.42. The van der Waals surface area contributed by atoms with Gasteiger partial charge in [0.05, 0.1) is 23.0 Å². The van der Waals surface area contributed by atoms with E-state index in [1.54, 1.807) is 30.3 Å². The molecule has 0 atom stereocenters. The highest BCUT2D eigenvalue weighted by molar-refractivity contribution is 6.36. The standard InChI is InChI=1S/C19H12Cl2N4O3/c20-13-3-6-15(16(21)9-13)19(27)28-14-4-1-12(2-5-14)10-24-25-18(26)17-11-22-7-8-23-17/h1-11H,(H,25,26). The molecule has 7 nitrogen and oxygen atoms in total. The number of hydrazone groups is 1. The van der Waals surface area contributed by atoms with Crippen LogP contribution in [0.5, 0.6) is 5.75 Å². The number of rotatable bonds is 5. The molecule has 0 saturated carbocycles. The Morgan fingerprint density at radius 1 is 1.07 bits per heavy atom. The second-order valence-corrected chi connectivity index (χ2v) is 6.22. The number of hydrogen-bond donors (Lipinski definition) is 1. The van der Waals surface area contributed by atoms with Crippen molar-refractivity contribution in [1.29, 1.82) is 0 Å². The molecule has 0 aliphatic carbocycles. The highest BCUT2D eigenvalue weighted by Crippen LogP contribution is 2.22. The molecule has 0 fully saturated rings. The lowest BCUT2D eigenvalue weighted by Gasteiger charge is -2.06. The predicted molar refractivity (Wildman–Crippen MR) is 105 cm³/mol. The molecule has 3 rings (SSSR count). The number of nitrogens with one attached hydrogen (secondary N) is 1. The van der Waals surface area contributed by atoms with Gasteiger partial charge in [0.2, 0.25) is 0 Å². The van der Waals surface area contributed by atoms with Crippen LogP contribution in [0.1, 0.15) is 26.4 Å². The summed E-state index contributed by atoms with van der Waals surface area (Å²) in [6.45, 7) is 0. The first-order valence-electron chi connectivity index (χ1n) is 7.89. The lowest BCUT2D eigenvalue weighted by atomic mass is 10.2. The van der Waals surface area contributed by atoms with Gasteiger partial charge in [-0.15, -0.1) is 0 Å². The third kappa shape index (κ3) is 5.12. The van der Waals surface area contributed by atoms with E-state index in [1.165, 1.54) is 36.9 Å². The van der Waals surface area contributed by atoms with E-state index in [0.717, 1.165) is 0 Å². The quantitative estimate of drug-likeness (QED) is 0.296. The molecule has 0 spiro atoms. The lowest BCUT2D eigenvalue weighted by Crippen LogP contribution is -2.19. The fourth-order valence-electron chi connectivity index (χ4n) is 2.08. The average Bonchev–Trinajstić information content (AvgIpc) is 2.69.